The van der Waals surface area contributed by atoms with Crippen molar-refractivity contribution in [3.63, 3.8) is 0 Å². The second-order valence-electron chi connectivity index (χ2n) is 5.62. The van der Waals surface area contributed by atoms with Gasteiger partial charge in [0.1, 0.15) is 13.2 Å². The van der Waals surface area contributed by atoms with Gasteiger partial charge in [-0.25, -0.2) is 0 Å². The third-order valence-electron chi connectivity index (χ3n) is 4.22. The van der Waals surface area contributed by atoms with Crippen molar-refractivity contribution in [2.24, 2.45) is 5.92 Å². The number of rotatable bonds is 3. The summed E-state index contributed by atoms with van der Waals surface area (Å²) in [6.45, 7) is 5.79. The average Bonchev–Trinajstić information content (AvgIpc) is 2.49. The zero-order valence-electron chi connectivity index (χ0n) is 12.0. The van der Waals surface area contributed by atoms with Gasteiger partial charge in [-0.15, -0.1) is 0 Å². The highest BCUT2D eigenvalue weighted by Gasteiger charge is 2.23. The Balaban J connectivity index is 1.91. The number of hydrogen-bond donors (Lipinski definition) is 1. The Labute approximate surface area is 129 Å². The molecule has 20 heavy (non-hydrogen) atoms. The molecule has 1 unspecified atom stereocenters. The van der Waals surface area contributed by atoms with E-state index in [4.69, 9.17) is 9.47 Å². The second kappa shape index (κ2) is 6.35. The van der Waals surface area contributed by atoms with E-state index in [9.17, 15) is 0 Å². The first-order valence-corrected chi connectivity index (χ1v) is 8.39. The summed E-state index contributed by atoms with van der Waals surface area (Å²) in [5, 5.41) is 3.50. The standard InChI is InChI=1S/C16H22BrNO2/c1-2-13-12(8-11-4-3-5-18-10-11)9-14(17)16-15(13)19-6-7-20-16/h9,11,18H,2-8,10H2,1H3. The molecular weight excluding hydrogens is 318 g/mol. The molecule has 1 saturated heterocycles. The van der Waals surface area contributed by atoms with E-state index in [1.165, 1.54) is 30.5 Å². The fourth-order valence-corrected chi connectivity index (χ4v) is 3.82. The summed E-state index contributed by atoms with van der Waals surface area (Å²) < 4.78 is 12.7. The van der Waals surface area contributed by atoms with E-state index in [-0.39, 0.29) is 0 Å². The van der Waals surface area contributed by atoms with Gasteiger partial charge >= 0.3 is 0 Å². The van der Waals surface area contributed by atoms with Crippen LogP contribution in [-0.2, 0) is 12.8 Å². The van der Waals surface area contributed by atoms with Gasteiger partial charge in [0.2, 0.25) is 0 Å². The van der Waals surface area contributed by atoms with Gasteiger partial charge in [0, 0.05) is 5.56 Å². The summed E-state index contributed by atoms with van der Waals surface area (Å²) in [6, 6.07) is 2.24. The Hall–Kier alpha value is -0.740. The van der Waals surface area contributed by atoms with E-state index in [1.807, 2.05) is 0 Å². The molecule has 0 aromatic heterocycles. The van der Waals surface area contributed by atoms with Gasteiger partial charge in [-0.3, -0.25) is 0 Å². The number of fused-ring (bicyclic) bond motifs is 1. The van der Waals surface area contributed by atoms with E-state index < -0.39 is 0 Å². The van der Waals surface area contributed by atoms with Crippen molar-refractivity contribution < 1.29 is 9.47 Å². The average molecular weight is 340 g/mol. The van der Waals surface area contributed by atoms with Gasteiger partial charge in [0.05, 0.1) is 4.47 Å². The van der Waals surface area contributed by atoms with Crippen LogP contribution in [0.15, 0.2) is 10.5 Å². The molecule has 0 bridgehead atoms. The summed E-state index contributed by atoms with van der Waals surface area (Å²) in [5.74, 6) is 2.59. The van der Waals surface area contributed by atoms with Gasteiger partial charge in [0.25, 0.3) is 0 Å². The van der Waals surface area contributed by atoms with Gasteiger partial charge in [-0.05, 0) is 72.3 Å². The molecule has 1 atom stereocenters. The molecule has 2 aliphatic heterocycles. The fourth-order valence-electron chi connectivity index (χ4n) is 3.25. The van der Waals surface area contributed by atoms with E-state index >= 15 is 0 Å². The molecule has 2 aliphatic rings. The summed E-state index contributed by atoms with van der Waals surface area (Å²) in [6.07, 6.45) is 4.74. The smallest absolute Gasteiger partial charge is 0.175 e. The Bertz CT molecular complexity index is 484. The molecular formula is C16H22BrNO2. The summed E-state index contributed by atoms with van der Waals surface area (Å²) in [5.41, 5.74) is 2.74. The van der Waals surface area contributed by atoms with Crippen LogP contribution in [0, 0.1) is 5.92 Å². The number of benzene rings is 1. The third-order valence-corrected chi connectivity index (χ3v) is 4.81. The highest BCUT2D eigenvalue weighted by molar-refractivity contribution is 9.10. The molecule has 3 rings (SSSR count). The summed E-state index contributed by atoms with van der Waals surface area (Å²) >= 11 is 3.64. The molecule has 0 spiro atoms. The van der Waals surface area contributed by atoms with Crippen molar-refractivity contribution in [2.45, 2.75) is 32.6 Å². The van der Waals surface area contributed by atoms with Crippen LogP contribution in [0.4, 0.5) is 0 Å². The highest BCUT2D eigenvalue weighted by Crippen LogP contribution is 2.43. The molecule has 2 heterocycles. The van der Waals surface area contributed by atoms with Crippen LogP contribution in [0.5, 0.6) is 11.5 Å². The maximum Gasteiger partial charge on any atom is 0.175 e. The van der Waals surface area contributed by atoms with Crippen molar-refractivity contribution in [2.75, 3.05) is 26.3 Å². The maximum atomic E-state index is 5.89. The number of halogens is 1. The molecule has 3 nitrogen and oxygen atoms in total. The molecule has 1 N–H and O–H groups in total. The second-order valence-corrected chi connectivity index (χ2v) is 6.48. The van der Waals surface area contributed by atoms with Crippen molar-refractivity contribution in [1.29, 1.82) is 0 Å². The maximum absolute atomic E-state index is 5.89. The first-order chi connectivity index (χ1) is 9.79. The quantitative estimate of drug-likeness (QED) is 0.916. The minimum Gasteiger partial charge on any atom is -0.486 e. The Morgan fingerprint density at radius 3 is 2.80 bits per heavy atom. The van der Waals surface area contributed by atoms with E-state index in [0.717, 1.165) is 41.3 Å². The van der Waals surface area contributed by atoms with Crippen molar-refractivity contribution in [1.82, 2.24) is 5.32 Å². The molecule has 1 aromatic rings. The van der Waals surface area contributed by atoms with Crippen LogP contribution in [0.25, 0.3) is 0 Å². The number of piperidine rings is 1. The van der Waals surface area contributed by atoms with Crippen LogP contribution in [0.1, 0.15) is 30.9 Å². The van der Waals surface area contributed by atoms with E-state index in [1.54, 1.807) is 0 Å². The van der Waals surface area contributed by atoms with Crippen LogP contribution < -0.4 is 14.8 Å². The third kappa shape index (κ3) is 2.82. The SMILES string of the molecule is CCc1c(CC2CCCNC2)cc(Br)c2c1OCCO2. The fraction of sp³-hybridized carbons (Fsp3) is 0.625. The lowest BCUT2D eigenvalue weighted by Crippen LogP contribution is -2.31. The highest BCUT2D eigenvalue weighted by atomic mass is 79.9. The summed E-state index contributed by atoms with van der Waals surface area (Å²) in [7, 11) is 0. The van der Waals surface area contributed by atoms with Crippen molar-refractivity contribution in [3.8, 4) is 11.5 Å². The first-order valence-electron chi connectivity index (χ1n) is 7.60. The van der Waals surface area contributed by atoms with Crippen LogP contribution >= 0.6 is 15.9 Å². The normalized spacial score (nSPS) is 21.8. The number of nitrogens with one attached hydrogen (secondary N) is 1. The zero-order chi connectivity index (χ0) is 13.9. The number of hydrogen-bond acceptors (Lipinski definition) is 3. The molecule has 0 amide bonds. The zero-order valence-corrected chi connectivity index (χ0v) is 13.6. The van der Waals surface area contributed by atoms with Gasteiger partial charge in [-0.2, -0.15) is 0 Å². The lowest BCUT2D eigenvalue weighted by Gasteiger charge is -2.27. The Morgan fingerprint density at radius 2 is 2.10 bits per heavy atom. The Kier molecular flexibility index (Phi) is 4.51. The van der Waals surface area contributed by atoms with Crippen molar-refractivity contribution in [3.05, 3.63) is 21.7 Å². The van der Waals surface area contributed by atoms with Gasteiger partial charge in [-0.1, -0.05) is 6.92 Å². The minimum atomic E-state index is 0.640. The Morgan fingerprint density at radius 1 is 1.30 bits per heavy atom. The van der Waals surface area contributed by atoms with Crippen molar-refractivity contribution >= 4 is 15.9 Å². The predicted molar refractivity (Wildman–Crippen MR) is 83.8 cm³/mol. The molecule has 1 aromatic carbocycles. The topological polar surface area (TPSA) is 30.5 Å². The molecule has 4 heteroatoms. The van der Waals surface area contributed by atoms with Crippen LogP contribution in [0.3, 0.4) is 0 Å². The van der Waals surface area contributed by atoms with Gasteiger partial charge < -0.3 is 14.8 Å². The lowest BCUT2D eigenvalue weighted by atomic mass is 9.89. The van der Waals surface area contributed by atoms with E-state index in [0.29, 0.717) is 13.2 Å². The molecule has 0 aliphatic carbocycles. The molecule has 0 saturated carbocycles. The summed E-state index contributed by atoms with van der Waals surface area (Å²) in [4.78, 5) is 0. The molecule has 0 radical (unpaired) electrons. The molecule has 1 fully saturated rings. The monoisotopic (exact) mass is 339 g/mol. The predicted octanol–water partition coefficient (Wildman–Crippen LogP) is 3.32. The van der Waals surface area contributed by atoms with Crippen LogP contribution in [0.2, 0.25) is 0 Å². The lowest BCUT2D eigenvalue weighted by molar-refractivity contribution is 0.168. The largest absolute Gasteiger partial charge is 0.486 e. The van der Waals surface area contributed by atoms with Gasteiger partial charge in [0.15, 0.2) is 11.5 Å². The molecule has 110 valence electrons. The first kappa shape index (κ1) is 14.2. The number of ether oxygens (including phenoxy) is 2. The minimum absolute atomic E-state index is 0.640. The van der Waals surface area contributed by atoms with E-state index in [2.05, 4.69) is 34.2 Å². The van der Waals surface area contributed by atoms with Crippen LogP contribution in [-0.4, -0.2) is 26.3 Å².